The Labute approximate surface area is 123 Å². The summed E-state index contributed by atoms with van der Waals surface area (Å²) in [7, 11) is 0. The van der Waals surface area contributed by atoms with Crippen LogP contribution in [-0.4, -0.2) is 24.0 Å². The second-order valence-corrected chi connectivity index (χ2v) is 5.50. The Hall–Kier alpha value is -1.72. The van der Waals surface area contributed by atoms with Crippen LogP contribution in [0, 0.1) is 6.92 Å². The maximum atomic E-state index is 12.5. The van der Waals surface area contributed by atoms with Crippen LogP contribution < -0.4 is 10.6 Å². The zero-order chi connectivity index (χ0) is 14.5. The van der Waals surface area contributed by atoms with Gasteiger partial charge in [-0.2, -0.15) is 0 Å². The van der Waals surface area contributed by atoms with Crippen LogP contribution in [0.25, 0.3) is 0 Å². The molecule has 5 heteroatoms. The number of thiazole rings is 1. The molecule has 0 saturated carbocycles. The predicted octanol–water partition coefficient (Wildman–Crippen LogP) is 2.62. The van der Waals surface area contributed by atoms with Crippen molar-refractivity contribution in [3.05, 3.63) is 45.9 Å². The molecular weight excluding hydrogens is 270 g/mol. The van der Waals surface area contributed by atoms with E-state index in [1.54, 1.807) is 4.90 Å². The maximum Gasteiger partial charge on any atom is 0.277 e. The van der Waals surface area contributed by atoms with Crippen molar-refractivity contribution in [3.8, 4) is 0 Å². The van der Waals surface area contributed by atoms with Crippen LogP contribution in [0.15, 0.2) is 29.6 Å². The van der Waals surface area contributed by atoms with Gasteiger partial charge in [0, 0.05) is 24.0 Å². The minimum absolute atomic E-state index is 0.0578. The van der Waals surface area contributed by atoms with E-state index in [-0.39, 0.29) is 5.91 Å². The van der Waals surface area contributed by atoms with E-state index in [1.807, 2.05) is 43.5 Å². The lowest BCUT2D eigenvalue weighted by Crippen LogP contribution is -2.31. The molecule has 0 fully saturated rings. The lowest BCUT2D eigenvalue weighted by molar-refractivity contribution is 0.0984. The molecular formula is C15H19N3OS. The lowest BCUT2D eigenvalue weighted by atomic mass is 10.2. The van der Waals surface area contributed by atoms with E-state index in [1.165, 1.54) is 11.3 Å². The normalized spacial score (nSPS) is 10.6. The number of aromatic nitrogens is 1. The number of rotatable bonds is 5. The van der Waals surface area contributed by atoms with Crippen LogP contribution in [0.2, 0.25) is 0 Å². The fourth-order valence-corrected chi connectivity index (χ4v) is 2.81. The number of nitrogens with two attached hydrogens (primary N) is 1. The van der Waals surface area contributed by atoms with Gasteiger partial charge in [-0.05, 0) is 38.1 Å². The van der Waals surface area contributed by atoms with Crippen LogP contribution in [0.5, 0.6) is 0 Å². The van der Waals surface area contributed by atoms with Crippen molar-refractivity contribution in [2.75, 3.05) is 18.0 Å². The van der Waals surface area contributed by atoms with Gasteiger partial charge in [-0.15, -0.1) is 11.3 Å². The third-order valence-corrected chi connectivity index (χ3v) is 3.91. The van der Waals surface area contributed by atoms with Crippen LogP contribution >= 0.6 is 11.3 Å². The first kappa shape index (κ1) is 14.7. The standard InChI is InChI=1S/C15H19N3OS/c1-3-18(12-6-4-5-11(2)9-12)15(19)13-10-20-14(17-13)7-8-16/h4-6,9-10H,3,7-8,16H2,1-2H3. The highest BCUT2D eigenvalue weighted by atomic mass is 32.1. The number of benzene rings is 1. The van der Waals surface area contributed by atoms with Crippen molar-refractivity contribution < 1.29 is 4.79 Å². The van der Waals surface area contributed by atoms with E-state index in [9.17, 15) is 4.79 Å². The average Bonchev–Trinajstić information content (AvgIpc) is 2.89. The number of carbonyl (C=O) groups is 1. The van der Waals surface area contributed by atoms with E-state index >= 15 is 0 Å². The molecule has 1 heterocycles. The van der Waals surface area contributed by atoms with Crippen molar-refractivity contribution >= 4 is 22.9 Å². The van der Waals surface area contributed by atoms with Crippen LogP contribution in [0.3, 0.4) is 0 Å². The van der Waals surface area contributed by atoms with E-state index in [0.29, 0.717) is 25.2 Å². The molecule has 1 aromatic carbocycles. The molecule has 0 atom stereocenters. The third-order valence-electron chi connectivity index (χ3n) is 3.00. The van der Waals surface area contributed by atoms with Gasteiger partial charge in [0.15, 0.2) is 0 Å². The Bertz CT molecular complexity index is 594. The zero-order valence-electron chi connectivity index (χ0n) is 11.8. The summed E-state index contributed by atoms with van der Waals surface area (Å²) in [5, 5.41) is 2.72. The Morgan fingerprint density at radius 1 is 1.45 bits per heavy atom. The Morgan fingerprint density at radius 3 is 2.90 bits per heavy atom. The van der Waals surface area contributed by atoms with Crippen molar-refractivity contribution in [3.63, 3.8) is 0 Å². The first-order valence-corrected chi connectivity index (χ1v) is 7.56. The second-order valence-electron chi connectivity index (χ2n) is 4.55. The Morgan fingerprint density at radius 2 is 2.25 bits per heavy atom. The van der Waals surface area contributed by atoms with Crippen LogP contribution in [-0.2, 0) is 6.42 Å². The fraction of sp³-hybridized carbons (Fsp3) is 0.333. The maximum absolute atomic E-state index is 12.5. The summed E-state index contributed by atoms with van der Waals surface area (Å²) in [6, 6.07) is 7.93. The first-order chi connectivity index (χ1) is 9.65. The molecule has 106 valence electrons. The van der Waals surface area contributed by atoms with Crippen molar-refractivity contribution in [1.29, 1.82) is 0 Å². The molecule has 0 aliphatic heterocycles. The van der Waals surface area contributed by atoms with Gasteiger partial charge in [-0.25, -0.2) is 4.98 Å². The van der Waals surface area contributed by atoms with E-state index in [4.69, 9.17) is 5.73 Å². The summed E-state index contributed by atoms with van der Waals surface area (Å²) >= 11 is 1.49. The van der Waals surface area contributed by atoms with Gasteiger partial charge >= 0.3 is 0 Å². The molecule has 4 nitrogen and oxygen atoms in total. The van der Waals surface area contributed by atoms with Gasteiger partial charge in [0.2, 0.25) is 0 Å². The summed E-state index contributed by atoms with van der Waals surface area (Å²) in [6.07, 6.45) is 0.717. The monoisotopic (exact) mass is 289 g/mol. The largest absolute Gasteiger partial charge is 0.330 e. The molecule has 1 amide bonds. The van der Waals surface area contributed by atoms with Crippen molar-refractivity contribution in [2.45, 2.75) is 20.3 Å². The molecule has 1 aromatic heterocycles. The number of carbonyl (C=O) groups excluding carboxylic acids is 1. The quantitative estimate of drug-likeness (QED) is 0.920. The number of anilines is 1. The SMILES string of the molecule is CCN(C(=O)c1csc(CCN)n1)c1cccc(C)c1. The smallest absolute Gasteiger partial charge is 0.277 e. The Kier molecular flexibility index (Phi) is 4.87. The molecule has 2 rings (SSSR count). The van der Waals surface area contributed by atoms with Crippen LogP contribution in [0.1, 0.15) is 28.0 Å². The highest BCUT2D eigenvalue weighted by Gasteiger charge is 2.18. The van der Waals surface area contributed by atoms with Gasteiger partial charge in [-0.1, -0.05) is 12.1 Å². The predicted molar refractivity (Wildman–Crippen MR) is 83.4 cm³/mol. The summed E-state index contributed by atoms with van der Waals surface area (Å²) in [4.78, 5) is 18.7. The van der Waals surface area contributed by atoms with Gasteiger partial charge in [0.05, 0.1) is 5.01 Å². The van der Waals surface area contributed by atoms with E-state index in [2.05, 4.69) is 4.98 Å². The average molecular weight is 289 g/mol. The molecule has 0 radical (unpaired) electrons. The number of aryl methyl sites for hydroxylation is 1. The third kappa shape index (κ3) is 3.23. The fourth-order valence-electron chi connectivity index (χ4n) is 2.02. The zero-order valence-corrected chi connectivity index (χ0v) is 12.6. The summed E-state index contributed by atoms with van der Waals surface area (Å²) in [5.41, 5.74) is 8.06. The minimum Gasteiger partial charge on any atom is -0.330 e. The minimum atomic E-state index is -0.0578. The van der Waals surface area contributed by atoms with Gasteiger partial charge in [0.25, 0.3) is 5.91 Å². The molecule has 20 heavy (non-hydrogen) atoms. The molecule has 2 aromatic rings. The molecule has 0 aliphatic rings. The second kappa shape index (κ2) is 6.63. The van der Waals surface area contributed by atoms with Crippen molar-refractivity contribution in [1.82, 2.24) is 4.98 Å². The van der Waals surface area contributed by atoms with E-state index < -0.39 is 0 Å². The van der Waals surface area contributed by atoms with Gasteiger partial charge in [-0.3, -0.25) is 4.79 Å². The molecule has 0 spiro atoms. The summed E-state index contributed by atoms with van der Waals surface area (Å²) in [6.45, 7) is 5.15. The number of hydrogen-bond donors (Lipinski definition) is 1. The molecule has 0 bridgehead atoms. The van der Waals surface area contributed by atoms with Crippen LogP contribution in [0.4, 0.5) is 5.69 Å². The molecule has 0 aliphatic carbocycles. The highest BCUT2D eigenvalue weighted by Crippen LogP contribution is 2.19. The highest BCUT2D eigenvalue weighted by molar-refractivity contribution is 7.09. The number of amides is 1. The van der Waals surface area contributed by atoms with Gasteiger partial charge < -0.3 is 10.6 Å². The van der Waals surface area contributed by atoms with Crippen molar-refractivity contribution in [2.24, 2.45) is 5.73 Å². The summed E-state index contributed by atoms with van der Waals surface area (Å²) < 4.78 is 0. The number of nitrogens with zero attached hydrogens (tertiary/aromatic N) is 2. The first-order valence-electron chi connectivity index (χ1n) is 6.68. The molecule has 2 N–H and O–H groups in total. The molecule has 0 saturated heterocycles. The topological polar surface area (TPSA) is 59.2 Å². The van der Waals surface area contributed by atoms with Gasteiger partial charge in [0.1, 0.15) is 5.69 Å². The number of hydrogen-bond acceptors (Lipinski definition) is 4. The summed E-state index contributed by atoms with van der Waals surface area (Å²) in [5.74, 6) is -0.0578. The Balaban J connectivity index is 2.24. The molecule has 0 unspecified atom stereocenters. The van der Waals surface area contributed by atoms with E-state index in [0.717, 1.165) is 16.3 Å². The lowest BCUT2D eigenvalue weighted by Gasteiger charge is -2.20.